The molecule has 2 aromatic carbocycles. The Morgan fingerprint density at radius 3 is 2.53 bits per heavy atom. The topological polar surface area (TPSA) is 43.1 Å². The van der Waals surface area contributed by atoms with E-state index < -0.39 is 0 Å². The van der Waals surface area contributed by atoms with Gasteiger partial charge >= 0.3 is 117 Å². The molecule has 0 radical (unpaired) electrons. The van der Waals surface area contributed by atoms with Crippen LogP contribution in [0.5, 0.6) is 0 Å². The quantitative estimate of drug-likeness (QED) is 0.485. The SMILES string of the molecule is O=[N+]([O-])c1ccc(C2=CCc3ccccc3[Se]2)cc1. The van der Waals surface area contributed by atoms with E-state index in [1.807, 2.05) is 12.1 Å². The maximum atomic E-state index is 10.6. The molecule has 2 aromatic rings. The second-order valence-electron chi connectivity index (χ2n) is 4.29. The molecule has 0 N–H and O–H groups in total. The molecule has 1 heterocycles. The van der Waals surface area contributed by atoms with Crippen molar-refractivity contribution in [1.82, 2.24) is 0 Å². The molecule has 0 bridgehead atoms. The zero-order chi connectivity index (χ0) is 13.2. The van der Waals surface area contributed by atoms with E-state index >= 15 is 0 Å². The van der Waals surface area contributed by atoms with Gasteiger partial charge in [-0.05, 0) is 0 Å². The molecule has 1 aliphatic rings. The molecule has 0 saturated carbocycles. The summed E-state index contributed by atoms with van der Waals surface area (Å²) in [5.74, 6) is 0. The average molecular weight is 316 g/mol. The number of rotatable bonds is 2. The van der Waals surface area contributed by atoms with Crippen LogP contribution in [0.25, 0.3) is 4.47 Å². The summed E-state index contributed by atoms with van der Waals surface area (Å²) >= 11 is 0.283. The van der Waals surface area contributed by atoms with Crippen LogP contribution < -0.4 is 4.46 Å². The molecule has 0 amide bonds. The molecular formula is C15H11NO2Se. The molecule has 0 unspecified atom stereocenters. The van der Waals surface area contributed by atoms with Crippen molar-refractivity contribution in [1.29, 1.82) is 0 Å². The van der Waals surface area contributed by atoms with Crippen molar-refractivity contribution in [3.05, 3.63) is 75.8 Å². The number of nitrogens with zero attached hydrogens (tertiary/aromatic N) is 1. The number of non-ortho nitro benzene ring substituents is 1. The molecule has 94 valence electrons. The van der Waals surface area contributed by atoms with Gasteiger partial charge in [0, 0.05) is 0 Å². The molecule has 0 aliphatic carbocycles. The third kappa shape index (κ3) is 2.46. The van der Waals surface area contributed by atoms with E-state index in [4.69, 9.17) is 0 Å². The molecule has 1 aliphatic heterocycles. The van der Waals surface area contributed by atoms with Crippen LogP contribution in [0.2, 0.25) is 0 Å². The predicted molar refractivity (Wildman–Crippen MR) is 76.6 cm³/mol. The van der Waals surface area contributed by atoms with Gasteiger partial charge in [0.2, 0.25) is 0 Å². The van der Waals surface area contributed by atoms with Crippen molar-refractivity contribution in [3.8, 4) is 0 Å². The monoisotopic (exact) mass is 317 g/mol. The Kier molecular flexibility index (Phi) is 3.20. The molecule has 19 heavy (non-hydrogen) atoms. The van der Waals surface area contributed by atoms with Gasteiger partial charge < -0.3 is 0 Å². The number of fused-ring (bicyclic) bond motifs is 1. The molecule has 0 atom stereocenters. The van der Waals surface area contributed by atoms with Crippen molar-refractivity contribution in [2.24, 2.45) is 0 Å². The predicted octanol–water partition coefficient (Wildman–Crippen LogP) is 2.52. The first-order valence-electron chi connectivity index (χ1n) is 5.95. The molecule has 0 fully saturated rings. The Bertz CT molecular complexity index is 662. The van der Waals surface area contributed by atoms with E-state index in [9.17, 15) is 10.1 Å². The fourth-order valence-electron chi connectivity index (χ4n) is 2.06. The molecule has 3 nitrogen and oxygen atoms in total. The number of allylic oxidation sites excluding steroid dienone is 1. The van der Waals surface area contributed by atoms with E-state index in [0.29, 0.717) is 0 Å². The van der Waals surface area contributed by atoms with Crippen molar-refractivity contribution < 1.29 is 4.92 Å². The van der Waals surface area contributed by atoms with E-state index in [2.05, 4.69) is 30.3 Å². The van der Waals surface area contributed by atoms with Gasteiger partial charge in [0.1, 0.15) is 0 Å². The van der Waals surface area contributed by atoms with Crippen molar-refractivity contribution >= 4 is 29.6 Å². The van der Waals surface area contributed by atoms with E-state index in [1.165, 1.54) is 14.5 Å². The first kappa shape index (κ1) is 12.1. The molecule has 0 aromatic heterocycles. The zero-order valence-electron chi connectivity index (χ0n) is 10.1. The molecule has 0 saturated heterocycles. The van der Waals surface area contributed by atoms with Gasteiger partial charge in [0.05, 0.1) is 0 Å². The molecule has 3 rings (SSSR count). The van der Waals surface area contributed by atoms with Crippen LogP contribution in [0.15, 0.2) is 54.6 Å². The van der Waals surface area contributed by atoms with Crippen molar-refractivity contribution in [3.63, 3.8) is 0 Å². The summed E-state index contributed by atoms with van der Waals surface area (Å²) in [6, 6.07) is 15.3. The van der Waals surface area contributed by atoms with Crippen LogP contribution in [-0.2, 0) is 6.42 Å². The van der Waals surface area contributed by atoms with Gasteiger partial charge in [-0.25, -0.2) is 0 Å². The summed E-state index contributed by atoms with van der Waals surface area (Å²) in [5.41, 5.74) is 2.64. The second kappa shape index (κ2) is 5.00. The average Bonchev–Trinajstić information content (AvgIpc) is 2.47. The van der Waals surface area contributed by atoms with Crippen LogP contribution in [0.3, 0.4) is 0 Å². The van der Waals surface area contributed by atoms with Gasteiger partial charge in [-0.3, -0.25) is 0 Å². The van der Waals surface area contributed by atoms with Crippen LogP contribution >= 0.6 is 0 Å². The van der Waals surface area contributed by atoms with Gasteiger partial charge in [-0.1, -0.05) is 0 Å². The molecule has 4 heteroatoms. The molecular weight excluding hydrogens is 305 g/mol. The Morgan fingerprint density at radius 1 is 1.05 bits per heavy atom. The van der Waals surface area contributed by atoms with Crippen LogP contribution in [-0.4, -0.2) is 19.9 Å². The second-order valence-corrected chi connectivity index (χ2v) is 6.56. The molecule has 0 spiro atoms. The third-order valence-electron chi connectivity index (χ3n) is 3.06. The van der Waals surface area contributed by atoms with E-state index in [1.54, 1.807) is 12.1 Å². The summed E-state index contributed by atoms with van der Waals surface area (Å²) in [6.45, 7) is 0. The number of nitro groups is 1. The maximum absolute atomic E-state index is 10.6. The Labute approximate surface area is 117 Å². The summed E-state index contributed by atoms with van der Waals surface area (Å²) in [7, 11) is 0. The van der Waals surface area contributed by atoms with Gasteiger partial charge in [0.25, 0.3) is 0 Å². The number of benzene rings is 2. The summed E-state index contributed by atoms with van der Waals surface area (Å²) in [5, 5.41) is 10.6. The first-order chi connectivity index (χ1) is 9.24. The van der Waals surface area contributed by atoms with Crippen LogP contribution in [0, 0.1) is 10.1 Å². The minimum absolute atomic E-state index is 0.146. The van der Waals surface area contributed by atoms with Gasteiger partial charge in [-0.2, -0.15) is 0 Å². The summed E-state index contributed by atoms with van der Waals surface area (Å²) < 4.78 is 2.71. The van der Waals surface area contributed by atoms with Crippen LogP contribution in [0.1, 0.15) is 11.1 Å². The standard InChI is InChI=1S/C15H11NO2Se/c17-16(18)13-8-5-12(6-9-13)15-10-7-11-3-1-2-4-14(11)19-15/h1-6,8-10H,7H2. The normalized spacial score (nSPS) is 13.6. The Balaban J connectivity index is 1.88. The number of hydrogen-bond acceptors (Lipinski definition) is 2. The summed E-state index contributed by atoms with van der Waals surface area (Å²) in [6.07, 6.45) is 3.19. The Hall–Kier alpha value is -1.90. The van der Waals surface area contributed by atoms with E-state index in [0.717, 1.165) is 12.0 Å². The fourth-order valence-corrected chi connectivity index (χ4v) is 4.34. The zero-order valence-corrected chi connectivity index (χ0v) is 11.8. The van der Waals surface area contributed by atoms with Crippen LogP contribution in [0.4, 0.5) is 5.69 Å². The number of nitro benzene ring substituents is 1. The van der Waals surface area contributed by atoms with Gasteiger partial charge in [-0.15, -0.1) is 0 Å². The summed E-state index contributed by atoms with van der Waals surface area (Å²) in [4.78, 5) is 10.3. The minimum atomic E-state index is -0.362. The van der Waals surface area contributed by atoms with Crippen molar-refractivity contribution in [2.45, 2.75) is 6.42 Å². The van der Waals surface area contributed by atoms with E-state index in [-0.39, 0.29) is 25.6 Å². The fraction of sp³-hybridized carbons (Fsp3) is 0.0667. The first-order valence-corrected chi connectivity index (χ1v) is 7.66. The third-order valence-corrected chi connectivity index (χ3v) is 5.67. The number of hydrogen-bond donors (Lipinski definition) is 0. The van der Waals surface area contributed by atoms with Gasteiger partial charge in [0.15, 0.2) is 0 Å². The Morgan fingerprint density at radius 2 is 1.79 bits per heavy atom. The van der Waals surface area contributed by atoms with Crippen molar-refractivity contribution in [2.75, 3.05) is 0 Å².